The molecule has 1 aromatic heterocycles. The molecule has 192 valence electrons. The zero-order valence-electron chi connectivity index (χ0n) is 20.7. The third-order valence-electron chi connectivity index (χ3n) is 5.43. The second-order valence-electron chi connectivity index (χ2n) is 7.99. The van der Waals surface area contributed by atoms with Crippen LogP contribution in [-0.2, 0) is 32.5 Å². The molecule has 0 fully saturated rings. The minimum atomic E-state index is -4.26. The first-order chi connectivity index (χ1) is 17.3. The van der Waals surface area contributed by atoms with Gasteiger partial charge in [0.1, 0.15) is 11.5 Å². The first kappa shape index (κ1) is 26.9. The second-order valence-corrected chi connectivity index (χ2v) is 9.64. The SMILES string of the molecule is CCCCc1ncc(C(=O)OCC)n1Cc1ccc(-c2ccccc2)c(S(=O)(=O)NC(=O)OCC)c1. The Kier molecular flexibility index (Phi) is 9.24. The summed E-state index contributed by atoms with van der Waals surface area (Å²) in [5.41, 5.74) is 2.01. The van der Waals surface area contributed by atoms with Gasteiger partial charge in [0.25, 0.3) is 10.0 Å². The van der Waals surface area contributed by atoms with Crippen LogP contribution in [0.3, 0.4) is 0 Å². The minimum Gasteiger partial charge on any atom is -0.461 e. The average molecular weight is 514 g/mol. The van der Waals surface area contributed by atoms with E-state index in [1.165, 1.54) is 12.3 Å². The van der Waals surface area contributed by atoms with Crippen molar-refractivity contribution in [3.8, 4) is 11.1 Å². The normalized spacial score (nSPS) is 11.2. The lowest BCUT2D eigenvalue weighted by molar-refractivity contribution is 0.0514. The molecule has 0 spiro atoms. The predicted molar refractivity (Wildman–Crippen MR) is 135 cm³/mol. The summed E-state index contributed by atoms with van der Waals surface area (Å²) in [6.45, 7) is 5.84. The van der Waals surface area contributed by atoms with Crippen LogP contribution in [0.5, 0.6) is 0 Å². The number of hydrogen-bond acceptors (Lipinski definition) is 7. The molecule has 0 aliphatic carbocycles. The number of carbonyl (C=O) groups is 2. The van der Waals surface area contributed by atoms with Crippen LogP contribution in [0.4, 0.5) is 4.79 Å². The molecular formula is C26H31N3O6S. The number of ether oxygens (including phenoxy) is 2. The van der Waals surface area contributed by atoms with Gasteiger partial charge >= 0.3 is 12.1 Å². The Morgan fingerprint density at radius 2 is 1.72 bits per heavy atom. The van der Waals surface area contributed by atoms with Crippen molar-refractivity contribution in [1.29, 1.82) is 0 Å². The van der Waals surface area contributed by atoms with Crippen LogP contribution < -0.4 is 4.72 Å². The summed E-state index contributed by atoms with van der Waals surface area (Å²) in [6, 6.07) is 14.0. The summed E-state index contributed by atoms with van der Waals surface area (Å²) < 4.78 is 40.2. The fraction of sp³-hybridized carbons (Fsp3) is 0.346. The topological polar surface area (TPSA) is 117 Å². The summed E-state index contributed by atoms with van der Waals surface area (Å²) >= 11 is 0. The van der Waals surface area contributed by atoms with E-state index in [1.54, 1.807) is 54.8 Å². The first-order valence-electron chi connectivity index (χ1n) is 11.9. The van der Waals surface area contributed by atoms with Crippen LogP contribution in [-0.4, -0.2) is 43.2 Å². The number of benzene rings is 2. The highest BCUT2D eigenvalue weighted by Crippen LogP contribution is 2.29. The molecule has 1 heterocycles. The molecule has 0 bridgehead atoms. The van der Waals surface area contributed by atoms with E-state index in [4.69, 9.17) is 9.47 Å². The van der Waals surface area contributed by atoms with E-state index < -0.39 is 22.1 Å². The summed E-state index contributed by atoms with van der Waals surface area (Å²) in [5.74, 6) is 0.214. The maximum absolute atomic E-state index is 13.2. The van der Waals surface area contributed by atoms with Gasteiger partial charge in [0.05, 0.1) is 24.3 Å². The Balaban J connectivity index is 2.08. The van der Waals surface area contributed by atoms with E-state index in [-0.39, 0.29) is 24.7 Å². The van der Waals surface area contributed by atoms with Crippen molar-refractivity contribution in [2.75, 3.05) is 13.2 Å². The average Bonchev–Trinajstić information content (AvgIpc) is 3.25. The van der Waals surface area contributed by atoms with Gasteiger partial charge in [0, 0.05) is 18.5 Å². The first-order valence-corrected chi connectivity index (χ1v) is 13.4. The number of nitrogens with one attached hydrogen (secondary N) is 1. The highest BCUT2D eigenvalue weighted by Gasteiger charge is 2.24. The van der Waals surface area contributed by atoms with Gasteiger partial charge in [-0.15, -0.1) is 0 Å². The number of sulfonamides is 1. The van der Waals surface area contributed by atoms with E-state index in [0.29, 0.717) is 34.6 Å². The zero-order valence-corrected chi connectivity index (χ0v) is 21.5. The van der Waals surface area contributed by atoms with Gasteiger partial charge in [0.15, 0.2) is 0 Å². The van der Waals surface area contributed by atoms with E-state index in [9.17, 15) is 18.0 Å². The predicted octanol–water partition coefficient (Wildman–Crippen LogP) is 4.55. The summed E-state index contributed by atoms with van der Waals surface area (Å²) in [7, 11) is -4.26. The van der Waals surface area contributed by atoms with Gasteiger partial charge in [-0.1, -0.05) is 55.8 Å². The maximum Gasteiger partial charge on any atom is 0.421 e. The highest BCUT2D eigenvalue weighted by atomic mass is 32.2. The highest BCUT2D eigenvalue weighted by molar-refractivity contribution is 7.90. The minimum absolute atomic E-state index is 0.0325. The van der Waals surface area contributed by atoms with Gasteiger partial charge in [-0.25, -0.2) is 27.7 Å². The molecule has 0 unspecified atom stereocenters. The van der Waals surface area contributed by atoms with Gasteiger partial charge in [-0.3, -0.25) is 0 Å². The van der Waals surface area contributed by atoms with Crippen LogP contribution >= 0.6 is 0 Å². The molecule has 0 radical (unpaired) electrons. The number of hydrogen-bond donors (Lipinski definition) is 1. The Morgan fingerprint density at radius 3 is 2.39 bits per heavy atom. The van der Waals surface area contributed by atoms with Crippen molar-refractivity contribution in [1.82, 2.24) is 14.3 Å². The number of unbranched alkanes of at least 4 members (excludes halogenated alkanes) is 1. The molecule has 0 atom stereocenters. The standard InChI is InChI=1S/C26H31N3O6S/c1-4-7-13-24-27-17-22(25(30)34-5-2)29(24)18-19-14-15-21(20-11-9-8-10-12-20)23(16-19)36(32,33)28-26(31)35-6-3/h8-12,14-17H,4-7,13,18H2,1-3H3,(H,28,31). The Bertz CT molecular complexity index is 1300. The summed E-state index contributed by atoms with van der Waals surface area (Å²) in [6.07, 6.45) is 2.93. The molecule has 1 amide bonds. The molecule has 1 N–H and O–H groups in total. The lowest BCUT2D eigenvalue weighted by atomic mass is 10.0. The lowest BCUT2D eigenvalue weighted by Crippen LogP contribution is -2.31. The number of imidazole rings is 1. The number of carbonyl (C=O) groups excluding carboxylic acids is 2. The number of nitrogens with zero attached hydrogens (tertiary/aromatic N) is 2. The third kappa shape index (κ3) is 6.51. The molecular weight excluding hydrogens is 482 g/mol. The van der Waals surface area contributed by atoms with Crippen LogP contribution in [0.25, 0.3) is 11.1 Å². The molecule has 2 aromatic carbocycles. The molecule has 0 saturated carbocycles. The third-order valence-corrected chi connectivity index (χ3v) is 6.78. The van der Waals surface area contributed by atoms with E-state index in [0.717, 1.165) is 12.8 Å². The number of amides is 1. The molecule has 36 heavy (non-hydrogen) atoms. The van der Waals surface area contributed by atoms with Crippen LogP contribution in [0, 0.1) is 0 Å². The van der Waals surface area contributed by atoms with Crippen LogP contribution in [0.2, 0.25) is 0 Å². The van der Waals surface area contributed by atoms with Crippen molar-refractivity contribution in [2.45, 2.75) is 51.5 Å². The van der Waals surface area contributed by atoms with Gasteiger partial charge in [-0.05, 0) is 37.5 Å². The molecule has 9 nitrogen and oxygen atoms in total. The van der Waals surface area contributed by atoms with Crippen molar-refractivity contribution in [3.63, 3.8) is 0 Å². The van der Waals surface area contributed by atoms with Crippen LogP contribution in [0.15, 0.2) is 59.6 Å². The zero-order chi connectivity index (χ0) is 26.1. The Hall–Kier alpha value is -3.66. The molecule has 0 saturated heterocycles. The van der Waals surface area contributed by atoms with Gasteiger partial charge < -0.3 is 14.0 Å². The van der Waals surface area contributed by atoms with Gasteiger partial charge in [0.2, 0.25) is 0 Å². The lowest BCUT2D eigenvalue weighted by Gasteiger charge is -2.16. The molecule has 3 aromatic rings. The van der Waals surface area contributed by atoms with Crippen molar-refractivity contribution in [3.05, 3.63) is 71.8 Å². The number of aromatic nitrogens is 2. The van der Waals surface area contributed by atoms with Crippen LogP contribution in [0.1, 0.15) is 55.5 Å². The van der Waals surface area contributed by atoms with Crippen molar-refractivity contribution < 1.29 is 27.5 Å². The quantitative estimate of drug-likeness (QED) is 0.374. The smallest absolute Gasteiger partial charge is 0.421 e. The van der Waals surface area contributed by atoms with Crippen molar-refractivity contribution in [2.24, 2.45) is 0 Å². The fourth-order valence-corrected chi connectivity index (χ4v) is 4.91. The monoisotopic (exact) mass is 513 g/mol. The number of esters is 1. The van der Waals surface area contributed by atoms with Gasteiger partial charge in [-0.2, -0.15) is 0 Å². The van der Waals surface area contributed by atoms with Crippen molar-refractivity contribution >= 4 is 22.1 Å². The number of rotatable bonds is 11. The van der Waals surface area contributed by atoms with E-state index in [1.807, 2.05) is 10.8 Å². The molecule has 10 heteroatoms. The Labute approximate surface area is 211 Å². The fourth-order valence-electron chi connectivity index (χ4n) is 3.74. The molecule has 0 aliphatic heterocycles. The summed E-state index contributed by atoms with van der Waals surface area (Å²) in [5, 5.41) is 0. The molecule has 0 aliphatic rings. The van der Waals surface area contributed by atoms with E-state index in [2.05, 4.69) is 11.9 Å². The molecule has 3 rings (SSSR count). The summed E-state index contributed by atoms with van der Waals surface area (Å²) in [4.78, 5) is 28.9. The Morgan fingerprint density at radius 1 is 1.00 bits per heavy atom. The maximum atomic E-state index is 13.2. The largest absolute Gasteiger partial charge is 0.461 e. The number of aryl methyl sites for hydroxylation is 1. The van der Waals surface area contributed by atoms with E-state index >= 15 is 0 Å². The second kappa shape index (κ2) is 12.3.